The first-order chi connectivity index (χ1) is 14.1. The van der Waals surface area contributed by atoms with E-state index in [-0.39, 0.29) is 5.82 Å². The highest BCUT2D eigenvalue weighted by molar-refractivity contribution is 5.96. The van der Waals surface area contributed by atoms with Gasteiger partial charge in [-0.25, -0.2) is 4.39 Å². The maximum absolute atomic E-state index is 13.5. The number of likely N-dealkylation sites (tertiary alicyclic amines) is 1. The summed E-state index contributed by atoms with van der Waals surface area (Å²) in [5, 5.41) is 1.05. The van der Waals surface area contributed by atoms with Crippen molar-refractivity contribution >= 4 is 22.3 Å². The SMILES string of the molecule is C=C(C)N1CCC(C2=Nc3ccc(-c4c[nH]c5cc(F)ccc45)cc3CC2)CC1. The molecule has 0 spiro atoms. The predicted octanol–water partition coefficient (Wildman–Crippen LogP) is 6.24. The van der Waals surface area contributed by atoms with Crippen LogP contribution in [0.15, 0.2) is 59.9 Å². The van der Waals surface area contributed by atoms with Crippen LogP contribution in [0.3, 0.4) is 0 Å². The fourth-order valence-corrected chi connectivity index (χ4v) is 4.76. The van der Waals surface area contributed by atoms with Gasteiger partial charge < -0.3 is 9.88 Å². The number of H-pyrrole nitrogens is 1. The van der Waals surface area contributed by atoms with E-state index in [1.165, 1.54) is 35.9 Å². The summed E-state index contributed by atoms with van der Waals surface area (Å²) < 4.78 is 13.5. The van der Waals surface area contributed by atoms with Crippen LogP contribution in [0, 0.1) is 11.7 Å². The first-order valence-electron chi connectivity index (χ1n) is 10.5. The molecule has 0 aliphatic carbocycles. The molecule has 3 heterocycles. The number of aryl methyl sites for hydroxylation is 1. The van der Waals surface area contributed by atoms with Crippen LogP contribution >= 0.6 is 0 Å². The molecule has 0 atom stereocenters. The molecule has 1 N–H and O–H groups in total. The smallest absolute Gasteiger partial charge is 0.125 e. The molecule has 0 amide bonds. The lowest BCUT2D eigenvalue weighted by Gasteiger charge is -2.35. The first-order valence-corrected chi connectivity index (χ1v) is 10.5. The standard InChI is InChI=1S/C25H26FN3/c1-16(2)29-11-9-17(10-12-29)23-8-4-19-13-18(3-7-24(19)28-23)22-15-27-25-14-20(26)5-6-21(22)25/h3,5-7,13-15,17,27H,1,4,8-12H2,2H3. The zero-order valence-corrected chi connectivity index (χ0v) is 16.8. The molecule has 29 heavy (non-hydrogen) atoms. The molecule has 148 valence electrons. The number of nitrogens with one attached hydrogen (secondary N) is 1. The minimum atomic E-state index is -0.215. The molecule has 3 nitrogen and oxygen atoms in total. The van der Waals surface area contributed by atoms with Gasteiger partial charge in [-0.2, -0.15) is 0 Å². The molecular weight excluding hydrogens is 361 g/mol. The van der Waals surface area contributed by atoms with Gasteiger partial charge in [-0.15, -0.1) is 0 Å². The van der Waals surface area contributed by atoms with Gasteiger partial charge in [0, 0.05) is 53.1 Å². The van der Waals surface area contributed by atoms with Gasteiger partial charge in [0.15, 0.2) is 0 Å². The number of halogens is 1. The second-order valence-corrected chi connectivity index (χ2v) is 8.34. The highest BCUT2D eigenvalue weighted by Crippen LogP contribution is 2.36. The van der Waals surface area contributed by atoms with E-state index in [0.717, 1.165) is 53.6 Å². The van der Waals surface area contributed by atoms with Crippen LogP contribution in [0.2, 0.25) is 0 Å². The molecule has 5 rings (SSSR count). The molecule has 1 fully saturated rings. The van der Waals surface area contributed by atoms with Gasteiger partial charge in [0.25, 0.3) is 0 Å². The van der Waals surface area contributed by atoms with Gasteiger partial charge in [0.1, 0.15) is 5.82 Å². The molecule has 1 saturated heterocycles. The molecule has 3 aromatic rings. The number of rotatable bonds is 3. The molecule has 0 radical (unpaired) electrons. The van der Waals surface area contributed by atoms with Crippen molar-refractivity contribution in [3.8, 4) is 11.1 Å². The normalized spacial score (nSPS) is 17.3. The van der Waals surface area contributed by atoms with Crippen molar-refractivity contribution in [2.45, 2.75) is 32.6 Å². The largest absolute Gasteiger partial charge is 0.375 e. The van der Waals surface area contributed by atoms with Crippen molar-refractivity contribution in [1.82, 2.24) is 9.88 Å². The molecular formula is C25H26FN3. The van der Waals surface area contributed by atoms with Gasteiger partial charge in [0.05, 0.1) is 5.69 Å². The fraction of sp³-hybridized carbons (Fsp3) is 0.320. The van der Waals surface area contributed by atoms with Crippen molar-refractivity contribution in [3.05, 3.63) is 66.3 Å². The molecule has 0 unspecified atom stereocenters. The van der Waals surface area contributed by atoms with E-state index >= 15 is 0 Å². The number of benzene rings is 2. The summed E-state index contributed by atoms with van der Waals surface area (Å²) in [7, 11) is 0. The monoisotopic (exact) mass is 387 g/mol. The Kier molecular flexibility index (Phi) is 4.50. The average molecular weight is 388 g/mol. The summed E-state index contributed by atoms with van der Waals surface area (Å²) >= 11 is 0. The zero-order chi connectivity index (χ0) is 20.0. The summed E-state index contributed by atoms with van der Waals surface area (Å²) in [5.41, 5.74) is 8.07. The third kappa shape index (κ3) is 3.37. The summed E-state index contributed by atoms with van der Waals surface area (Å²) in [6, 6.07) is 11.5. The van der Waals surface area contributed by atoms with Crippen molar-refractivity contribution < 1.29 is 4.39 Å². The topological polar surface area (TPSA) is 31.4 Å². The number of hydrogen-bond donors (Lipinski definition) is 1. The maximum atomic E-state index is 13.5. The molecule has 2 aliphatic heterocycles. The van der Waals surface area contributed by atoms with Crippen LogP contribution in [0.25, 0.3) is 22.0 Å². The van der Waals surface area contributed by atoms with E-state index in [4.69, 9.17) is 4.99 Å². The summed E-state index contributed by atoms with van der Waals surface area (Å²) in [5.74, 6) is 0.384. The van der Waals surface area contributed by atoms with E-state index in [2.05, 4.69) is 41.6 Å². The van der Waals surface area contributed by atoms with Crippen LogP contribution in [-0.4, -0.2) is 28.7 Å². The molecule has 0 saturated carbocycles. The van der Waals surface area contributed by atoms with Crippen molar-refractivity contribution in [3.63, 3.8) is 0 Å². The lowest BCUT2D eigenvalue weighted by molar-refractivity contribution is 0.260. The van der Waals surface area contributed by atoms with E-state index in [1.807, 2.05) is 12.3 Å². The van der Waals surface area contributed by atoms with Crippen molar-refractivity contribution in [2.75, 3.05) is 13.1 Å². The molecule has 0 bridgehead atoms. The van der Waals surface area contributed by atoms with Crippen molar-refractivity contribution in [1.29, 1.82) is 0 Å². The van der Waals surface area contributed by atoms with Crippen LogP contribution in [0.4, 0.5) is 10.1 Å². The third-order valence-electron chi connectivity index (χ3n) is 6.45. The molecule has 2 aromatic carbocycles. The highest BCUT2D eigenvalue weighted by atomic mass is 19.1. The highest BCUT2D eigenvalue weighted by Gasteiger charge is 2.25. The Balaban J connectivity index is 1.40. The zero-order valence-electron chi connectivity index (χ0n) is 16.8. The number of piperidine rings is 1. The number of hydrogen-bond acceptors (Lipinski definition) is 2. The van der Waals surface area contributed by atoms with Gasteiger partial charge >= 0.3 is 0 Å². The summed E-state index contributed by atoms with van der Waals surface area (Å²) in [4.78, 5) is 10.6. The fourth-order valence-electron chi connectivity index (χ4n) is 4.76. The first kappa shape index (κ1) is 18.2. The van der Waals surface area contributed by atoms with E-state index in [9.17, 15) is 4.39 Å². The van der Waals surface area contributed by atoms with E-state index < -0.39 is 0 Å². The van der Waals surface area contributed by atoms with E-state index in [1.54, 1.807) is 6.07 Å². The lowest BCUT2D eigenvalue weighted by atomic mass is 9.86. The quantitative estimate of drug-likeness (QED) is 0.567. The van der Waals surface area contributed by atoms with Crippen LogP contribution in [-0.2, 0) is 6.42 Å². The Morgan fingerprint density at radius 3 is 2.76 bits per heavy atom. The maximum Gasteiger partial charge on any atom is 0.125 e. The number of allylic oxidation sites excluding steroid dienone is 1. The number of aliphatic imine (C=N–C) groups is 1. The second kappa shape index (κ2) is 7.18. The van der Waals surface area contributed by atoms with E-state index in [0.29, 0.717) is 5.92 Å². The Labute approximate surface area is 171 Å². The van der Waals surface area contributed by atoms with Gasteiger partial charge in [-0.1, -0.05) is 12.6 Å². The predicted molar refractivity (Wildman–Crippen MR) is 118 cm³/mol. The number of nitrogens with zero attached hydrogens (tertiary/aromatic N) is 2. The minimum Gasteiger partial charge on any atom is -0.375 e. The Hall–Kier alpha value is -2.88. The average Bonchev–Trinajstić information content (AvgIpc) is 3.16. The van der Waals surface area contributed by atoms with Gasteiger partial charge in [-0.3, -0.25) is 4.99 Å². The molecule has 4 heteroatoms. The lowest BCUT2D eigenvalue weighted by Crippen LogP contribution is -2.35. The summed E-state index contributed by atoms with van der Waals surface area (Å²) in [6.07, 6.45) is 6.40. The Morgan fingerprint density at radius 1 is 1.14 bits per heavy atom. The van der Waals surface area contributed by atoms with Gasteiger partial charge in [-0.05, 0) is 74.1 Å². The second-order valence-electron chi connectivity index (χ2n) is 8.34. The number of aromatic nitrogens is 1. The molecule has 2 aliphatic rings. The minimum absolute atomic E-state index is 0.215. The summed E-state index contributed by atoms with van der Waals surface area (Å²) in [6.45, 7) is 8.35. The Bertz CT molecular complexity index is 1120. The van der Waals surface area contributed by atoms with Crippen LogP contribution < -0.4 is 0 Å². The molecule has 1 aromatic heterocycles. The Morgan fingerprint density at radius 2 is 1.97 bits per heavy atom. The van der Waals surface area contributed by atoms with Crippen LogP contribution in [0.1, 0.15) is 31.7 Å². The third-order valence-corrected chi connectivity index (χ3v) is 6.45. The number of fused-ring (bicyclic) bond motifs is 2. The number of aromatic amines is 1. The van der Waals surface area contributed by atoms with Crippen LogP contribution in [0.5, 0.6) is 0 Å². The van der Waals surface area contributed by atoms with Gasteiger partial charge in [0.2, 0.25) is 0 Å². The van der Waals surface area contributed by atoms with Crippen molar-refractivity contribution in [2.24, 2.45) is 10.9 Å².